The van der Waals surface area contributed by atoms with E-state index in [1.54, 1.807) is 11.1 Å². The molecule has 0 unspecified atom stereocenters. The zero-order valence-electron chi connectivity index (χ0n) is 12.9. The van der Waals surface area contributed by atoms with E-state index in [1.165, 1.54) is 5.56 Å². The van der Waals surface area contributed by atoms with Crippen LogP contribution in [0.3, 0.4) is 0 Å². The number of nitriles is 1. The first-order valence-electron chi connectivity index (χ1n) is 7.90. The zero-order valence-corrected chi connectivity index (χ0v) is 12.9. The van der Waals surface area contributed by atoms with Crippen LogP contribution in [0.15, 0.2) is 54.7 Å². The largest absolute Gasteiger partial charge is 0.336 e. The van der Waals surface area contributed by atoms with E-state index in [4.69, 9.17) is 5.26 Å². The van der Waals surface area contributed by atoms with E-state index in [0.29, 0.717) is 25.4 Å². The molecule has 0 saturated heterocycles. The Morgan fingerprint density at radius 1 is 1.22 bits per heavy atom. The third-order valence-electron chi connectivity index (χ3n) is 4.22. The molecule has 0 radical (unpaired) electrons. The molecule has 1 aliphatic rings. The normalized spacial score (nSPS) is 18.9. The smallest absolute Gasteiger partial charge is 0.226 e. The summed E-state index contributed by atoms with van der Waals surface area (Å²) >= 11 is 0. The minimum atomic E-state index is 0.0415. The molecule has 0 aliphatic heterocycles. The second-order valence-electron chi connectivity index (χ2n) is 5.85. The highest BCUT2D eigenvalue weighted by Gasteiger charge is 2.45. The molecular formula is C19H19N3O. The number of nitrogens with zero attached hydrogens (tertiary/aromatic N) is 3. The summed E-state index contributed by atoms with van der Waals surface area (Å²) in [5, 5.41) is 8.84. The molecule has 3 rings (SSSR count). The number of pyridine rings is 1. The number of carbonyl (C=O) groups is 1. The highest BCUT2D eigenvalue weighted by atomic mass is 16.2. The van der Waals surface area contributed by atoms with Gasteiger partial charge in [-0.1, -0.05) is 36.4 Å². The molecule has 2 atom stereocenters. The topological polar surface area (TPSA) is 57.0 Å². The molecular weight excluding hydrogens is 286 g/mol. The van der Waals surface area contributed by atoms with Crippen LogP contribution in [0.2, 0.25) is 0 Å². The summed E-state index contributed by atoms with van der Waals surface area (Å²) in [6.07, 6.45) is 2.97. The SMILES string of the molecule is N#CCCN(Cc1ccccn1)C(=O)[C@H]1C[C@@H]1c1ccccc1. The van der Waals surface area contributed by atoms with Gasteiger partial charge in [-0.15, -0.1) is 0 Å². The van der Waals surface area contributed by atoms with E-state index in [-0.39, 0.29) is 11.8 Å². The molecule has 1 aliphatic carbocycles. The van der Waals surface area contributed by atoms with Crippen LogP contribution in [0.4, 0.5) is 0 Å². The van der Waals surface area contributed by atoms with Gasteiger partial charge in [-0.05, 0) is 30.0 Å². The number of aromatic nitrogens is 1. The summed E-state index contributed by atoms with van der Waals surface area (Å²) in [5.41, 5.74) is 2.08. The van der Waals surface area contributed by atoms with Crippen LogP contribution in [0.25, 0.3) is 0 Å². The van der Waals surface area contributed by atoms with Crippen molar-refractivity contribution in [3.8, 4) is 6.07 Å². The van der Waals surface area contributed by atoms with Crippen molar-refractivity contribution in [1.29, 1.82) is 5.26 Å². The Kier molecular flexibility index (Phi) is 4.68. The van der Waals surface area contributed by atoms with Gasteiger partial charge in [-0.3, -0.25) is 9.78 Å². The van der Waals surface area contributed by atoms with Crippen LogP contribution in [-0.4, -0.2) is 22.3 Å². The lowest BCUT2D eigenvalue weighted by Crippen LogP contribution is -2.33. The van der Waals surface area contributed by atoms with Crippen LogP contribution in [0.1, 0.15) is 30.0 Å². The monoisotopic (exact) mass is 305 g/mol. The van der Waals surface area contributed by atoms with E-state index >= 15 is 0 Å². The second-order valence-corrected chi connectivity index (χ2v) is 5.85. The average molecular weight is 305 g/mol. The van der Waals surface area contributed by atoms with E-state index in [9.17, 15) is 4.79 Å². The molecule has 1 amide bonds. The third kappa shape index (κ3) is 3.75. The number of benzene rings is 1. The van der Waals surface area contributed by atoms with Crippen LogP contribution in [0.5, 0.6) is 0 Å². The Morgan fingerprint density at radius 2 is 2.00 bits per heavy atom. The first-order chi connectivity index (χ1) is 11.3. The Balaban J connectivity index is 1.68. The van der Waals surface area contributed by atoms with Crippen molar-refractivity contribution in [2.75, 3.05) is 6.54 Å². The van der Waals surface area contributed by atoms with Crippen molar-refractivity contribution >= 4 is 5.91 Å². The van der Waals surface area contributed by atoms with Crippen molar-refractivity contribution < 1.29 is 4.79 Å². The molecule has 4 heteroatoms. The Morgan fingerprint density at radius 3 is 2.70 bits per heavy atom. The van der Waals surface area contributed by atoms with Crippen molar-refractivity contribution in [3.05, 3.63) is 66.0 Å². The number of carbonyl (C=O) groups excluding carboxylic acids is 1. The molecule has 1 saturated carbocycles. The highest BCUT2D eigenvalue weighted by Crippen LogP contribution is 2.48. The fourth-order valence-corrected chi connectivity index (χ4v) is 2.91. The lowest BCUT2D eigenvalue weighted by atomic mass is 10.1. The predicted molar refractivity (Wildman–Crippen MR) is 87.2 cm³/mol. The number of rotatable bonds is 6. The molecule has 116 valence electrons. The van der Waals surface area contributed by atoms with Crippen LogP contribution in [-0.2, 0) is 11.3 Å². The second kappa shape index (κ2) is 7.06. The first kappa shape index (κ1) is 15.2. The van der Waals surface area contributed by atoms with Gasteiger partial charge in [-0.2, -0.15) is 5.26 Å². The highest BCUT2D eigenvalue weighted by molar-refractivity contribution is 5.83. The molecule has 1 heterocycles. The summed E-state index contributed by atoms with van der Waals surface area (Å²) in [6, 6.07) is 18.0. The molecule has 4 nitrogen and oxygen atoms in total. The Labute approximate surface area is 136 Å². The molecule has 1 aromatic heterocycles. The van der Waals surface area contributed by atoms with Gasteiger partial charge < -0.3 is 4.90 Å². The van der Waals surface area contributed by atoms with E-state index in [2.05, 4.69) is 23.2 Å². The van der Waals surface area contributed by atoms with E-state index in [1.807, 2.05) is 36.4 Å². The third-order valence-corrected chi connectivity index (χ3v) is 4.22. The van der Waals surface area contributed by atoms with Crippen molar-refractivity contribution in [2.45, 2.75) is 25.3 Å². The maximum absolute atomic E-state index is 12.8. The summed E-state index contributed by atoms with van der Waals surface area (Å²) < 4.78 is 0. The van der Waals surface area contributed by atoms with Crippen molar-refractivity contribution in [1.82, 2.24) is 9.88 Å². The van der Waals surface area contributed by atoms with Gasteiger partial charge in [0.25, 0.3) is 0 Å². The van der Waals surface area contributed by atoms with Gasteiger partial charge in [0.05, 0.1) is 24.7 Å². The summed E-state index contributed by atoms with van der Waals surface area (Å²) in [6.45, 7) is 0.934. The Bertz CT molecular complexity index is 694. The number of hydrogen-bond acceptors (Lipinski definition) is 3. The quantitative estimate of drug-likeness (QED) is 0.824. The zero-order chi connectivity index (χ0) is 16.1. The summed E-state index contributed by atoms with van der Waals surface area (Å²) in [4.78, 5) is 18.9. The molecule has 2 aromatic rings. The predicted octanol–water partition coefficient (Wildman–Crippen LogP) is 3.13. The van der Waals surface area contributed by atoms with Gasteiger partial charge in [0.1, 0.15) is 0 Å². The van der Waals surface area contributed by atoms with E-state index < -0.39 is 0 Å². The minimum Gasteiger partial charge on any atom is -0.336 e. The van der Waals surface area contributed by atoms with Crippen LogP contribution >= 0.6 is 0 Å². The molecule has 0 N–H and O–H groups in total. The lowest BCUT2D eigenvalue weighted by molar-refractivity contribution is -0.133. The standard InChI is InChI=1S/C19H19N3O/c20-10-6-12-22(14-16-9-4-5-11-21-16)19(23)18-13-17(18)15-7-2-1-3-8-15/h1-5,7-9,11,17-18H,6,12-14H2/t17-,18+/m1/s1. The van der Waals surface area contributed by atoms with Gasteiger partial charge >= 0.3 is 0 Å². The maximum Gasteiger partial charge on any atom is 0.226 e. The molecule has 0 spiro atoms. The minimum absolute atomic E-state index is 0.0415. The molecule has 1 aromatic carbocycles. The fraction of sp³-hybridized carbons (Fsp3) is 0.316. The molecule has 1 fully saturated rings. The summed E-state index contributed by atoms with van der Waals surface area (Å²) in [7, 11) is 0. The lowest BCUT2D eigenvalue weighted by Gasteiger charge is -2.21. The van der Waals surface area contributed by atoms with Crippen LogP contribution in [0, 0.1) is 17.2 Å². The van der Waals surface area contributed by atoms with E-state index in [0.717, 1.165) is 12.1 Å². The Hall–Kier alpha value is -2.67. The summed E-state index contributed by atoms with van der Waals surface area (Å²) in [5.74, 6) is 0.497. The van der Waals surface area contributed by atoms with Gasteiger partial charge in [0.15, 0.2) is 0 Å². The van der Waals surface area contributed by atoms with Crippen molar-refractivity contribution in [3.63, 3.8) is 0 Å². The molecule has 23 heavy (non-hydrogen) atoms. The van der Waals surface area contributed by atoms with Gasteiger partial charge in [0.2, 0.25) is 5.91 Å². The fourth-order valence-electron chi connectivity index (χ4n) is 2.91. The average Bonchev–Trinajstić information content (AvgIpc) is 3.40. The van der Waals surface area contributed by atoms with Gasteiger partial charge in [0, 0.05) is 18.7 Å². The maximum atomic E-state index is 12.8. The first-order valence-corrected chi connectivity index (χ1v) is 7.90. The van der Waals surface area contributed by atoms with Gasteiger partial charge in [-0.25, -0.2) is 0 Å². The van der Waals surface area contributed by atoms with Crippen LogP contribution < -0.4 is 0 Å². The number of hydrogen-bond donors (Lipinski definition) is 0. The molecule has 0 bridgehead atoms. The number of amides is 1. The van der Waals surface area contributed by atoms with Crippen molar-refractivity contribution in [2.24, 2.45) is 5.92 Å².